The van der Waals surface area contributed by atoms with Crippen molar-refractivity contribution >= 4 is 37.5 Å². The van der Waals surface area contributed by atoms with E-state index in [-0.39, 0.29) is 0 Å². The van der Waals surface area contributed by atoms with Gasteiger partial charge in [-0.2, -0.15) is 4.31 Å². The Balaban J connectivity index is 0.000000145. The first kappa shape index (κ1) is 21.1. The molecule has 2 heterocycles. The van der Waals surface area contributed by atoms with Crippen molar-refractivity contribution in [3.63, 3.8) is 0 Å². The van der Waals surface area contributed by atoms with E-state index in [2.05, 4.69) is 50.7 Å². The third-order valence-corrected chi connectivity index (χ3v) is 4.84. The number of aromatic nitrogens is 2. The largest absolute Gasteiger partial charge is 0.478 e. The molecule has 0 aliphatic carbocycles. The van der Waals surface area contributed by atoms with Crippen LogP contribution in [0, 0.1) is 0 Å². The number of hydrogen-bond donors (Lipinski definition) is 6. The van der Waals surface area contributed by atoms with Crippen molar-refractivity contribution in [1.29, 1.82) is 0 Å². The number of fused-ring (bicyclic) bond motifs is 2. The Hall–Kier alpha value is -2.22. The fraction of sp³-hybridized carbons (Fsp3) is 0. The summed E-state index contributed by atoms with van der Waals surface area (Å²) in [6.45, 7) is 0. The van der Waals surface area contributed by atoms with Gasteiger partial charge in [-0.3, -0.25) is 0 Å². The monoisotopic (exact) mass is 412 g/mol. The van der Waals surface area contributed by atoms with Gasteiger partial charge in [-0.1, -0.05) is 36.4 Å². The minimum absolute atomic E-state index is 1.21. The fourth-order valence-electron chi connectivity index (χ4n) is 2.13. The summed E-state index contributed by atoms with van der Waals surface area (Å²) in [6, 6.07) is 20.6. The number of H-pyrrole nitrogens is 2. The van der Waals surface area contributed by atoms with Gasteiger partial charge < -0.3 is 29.5 Å². The molecule has 0 bridgehead atoms. The molecule has 9 nitrogen and oxygen atoms in total. The zero-order valence-electron chi connectivity index (χ0n) is 13.8. The van der Waals surface area contributed by atoms with Crippen molar-refractivity contribution in [2.24, 2.45) is 0 Å². The highest BCUT2D eigenvalue weighted by molar-refractivity contribution is 7.60. The first-order valence-electron chi connectivity index (χ1n) is 7.51. The Bertz CT molecular complexity index is 934. The molecular formula is C16H18N2O7P2. The Morgan fingerprint density at radius 2 is 1.00 bits per heavy atom. The normalized spacial score (nSPS) is 11.4. The van der Waals surface area contributed by atoms with Crippen LogP contribution < -0.4 is 0 Å². The topological polar surface area (TPSA) is 156 Å². The van der Waals surface area contributed by atoms with Gasteiger partial charge in [0.25, 0.3) is 0 Å². The minimum atomic E-state index is -5.05. The lowest BCUT2D eigenvalue weighted by Crippen LogP contribution is -1.84. The Morgan fingerprint density at radius 1 is 0.630 bits per heavy atom. The van der Waals surface area contributed by atoms with Gasteiger partial charge in [-0.05, 0) is 35.0 Å². The molecule has 0 saturated carbocycles. The van der Waals surface area contributed by atoms with E-state index in [0.29, 0.717) is 0 Å². The molecule has 0 aliphatic rings. The van der Waals surface area contributed by atoms with Crippen LogP contribution in [0.3, 0.4) is 0 Å². The zero-order chi connectivity index (χ0) is 19.9. The summed E-state index contributed by atoms with van der Waals surface area (Å²) in [6.07, 6.45) is 3.90. The third-order valence-electron chi connectivity index (χ3n) is 3.14. The number of benzene rings is 2. The quantitative estimate of drug-likeness (QED) is 0.275. The number of para-hydroxylation sites is 2. The SMILES string of the molecule is O=P(O)(O)OP(=O)(O)O.c1ccc2[nH]ccc2c1.c1ccc2[nH]ccc2c1. The molecule has 0 saturated heterocycles. The molecule has 144 valence electrons. The van der Waals surface area contributed by atoms with E-state index in [0.717, 1.165) is 0 Å². The molecule has 6 N–H and O–H groups in total. The van der Waals surface area contributed by atoms with Gasteiger partial charge in [0.15, 0.2) is 0 Å². The molecule has 0 atom stereocenters. The molecule has 27 heavy (non-hydrogen) atoms. The highest BCUT2D eigenvalue weighted by Gasteiger charge is 2.27. The lowest BCUT2D eigenvalue weighted by atomic mass is 10.3. The predicted molar refractivity (Wildman–Crippen MR) is 102 cm³/mol. The number of rotatable bonds is 2. The maximum absolute atomic E-state index is 9.63. The molecule has 4 rings (SSSR count). The van der Waals surface area contributed by atoms with Gasteiger partial charge in [-0.15, -0.1) is 0 Å². The lowest BCUT2D eigenvalue weighted by Gasteiger charge is -2.03. The van der Waals surface area contributed by atoms with Gasteiger partial charge in [-0.25, -0.2) is 9.13 Å². The Morgan fingerprint density at radius 3 is 1.30 bits per heavy atom. The van der Waals surface area contributed by atoms with E-state index in [1.54, 1.807) is 0 Å². The van der Waals surface area contributed by atoms with Gasteiger partial charge >= 0.3 is 15.6 Å². The fourth-order valence-corrected chi connectivity index (χ4v) is 3.24. The van der Waals surface area contributed by atoms with Crippen LogP contribution in [-0.4, -0.2) is 29.5 Å². The van der Waals surface area contributed by atoms with E-state index in [9.17, 15) is 9.13 Å². The maximum Gasteiger partial charge on any atom is 0.478 e. The van der Waals surface area contributed by atoms with E-state index in [1.165, 1.54) is 21.8 Å². The summed E-state index contributed by atoms with van der Waals surface area (Å²) in [5, 5.41) is 2.55. The first-order chi connectivity index (χ1) is 12.6. The van der Waals surface area contributed by atoms with Gasteiger partial charge in [0, 0.05) is 23.4 Å². The first-order valence-corrected chi connectivity index (χ1v) is 10.6. The minimum Gasteiger partial charge on any atom is -0.361 e. The van der Waals surface area contributed by atoms with Crippen LogP contribution in [0.5, 0.6) is 0 Å². The highest BCUT2D eigenvalue weighted by atomic mass is 31.3. The molecule has 0 amide bonds. The van der Waals surface area contributed by atoms with Gasteiger partial charge in [0.2, 0.25) is 0 Å². The summed E-state index contributed by atoms with van der Waals surface area (Å²) >= 11 is 0. The molecule has 0 fully saturated rings. The van der Waals surface area contributed by atoms with Crippen LogP contribution in [-0.2, 0) is 13.4 Å². The second-order valence-corrected chi connectivity index (χ2v) is 7.81. The maximum atomic E-state index is 9.63. The second-order valence-electron chi connectivity index (χ2n) is 5.19. The average Bonchev–Trinajstić information content (AvgIpc) is 3.21. The van der Waals surface area contributed by atoms with Crippen molar-refractivity contribution in [2.45, 2.75) is 0 Å². The molecule has 2 aromatic carbocycles. The van der Waals surface area contributed by atoms with Crippen LogP contribution in [0.4, 0.5) is 0 Å². The van der Waals surface area contributed by atoms with Crippen molar-refractivity contribution in [3.8, 4) is 0 Å². The molecule has 2 aromatic heterocycles. The number of nitrogens with one attached hydrogen (secondary N) is 2. The van der Waals surface area contributed by atoms with Crippen molar-refractivity contribution < 1.29 is 33.0 Å². The van der Waals surface area contributed by atoms with E-state index >= 15 is 0 Å². The van der Waals surface area contributed by atoms with Crippen LogP contribution in [0.2, 0.25) is 0 Å². The molecule has 11 heteroatoms. The second kappa shape index (κ2) is 9.12. The Labute approximate surface area is 154 Å². The number of hydrogen-bond acceptors (Lipinski definition) is 3. The van der Waals surface area contributed by atoms with Crippen molar-refractivity contribution in [1.82, 2.24) is 9.97 Å². The molecule has 0 unspecified atom stereocenters. The molecule has 0 aliphatic heterocycles. The number of aromatic amines is 2. The van der Waals surface area contributed by atoms with Crippen LogP contribution >= 0.6 is 15.6 Å². The van der Waals surface area contributed by atoms with E-state index in [4.69, 9.17) is 19.6 Å². The van der Waals surface area contributed by atoms with Crippen LogP contribution in [0.1, 0.15) is 0 Å². The number of phosphoric acid groups is 2. The molecule has 0 spiro atoms. The lowest BCUT2D eigenvalue weighted by molar-refractivity contribution is 0.225. The summed E-state index contributed by atoms with van der Waals surface area (Å²) in [5.41, 5.74) is 2.41. The van der Waals surface area contributed by atoms with Crippen LogP contribution in [0.25, 0.3) is 21.8 Å². The third kappa shape index (κ3) is 7.90. The van der Waals surface area contributed by atoms with E-state index < -0.39 is 15.6 Å². The Kier molecular flexibility index (Phi) is 7.12. The summed E-state index contributed by atoms with van der Waals surface area (Å²) in [4.78, 5) is 37.2. The predicted octanol–water partition coefficient (Wildman–Crippen LogP) is 3.52. The van der Waals surface area contributed by atoms with Crippen LogP contribution in [0.15, 0.2) is 73.1 Å². The standard InChI is InChI=1S/2C8H7N.H4O7P2/c2*1-2-4-8-7(3-1)5-6-9-8;1-8(2,3)7-9(4,5)6/h2*1-6,9H;(H2,1,2,3)(H2,4,5,6). The van der Waals surface area contributed by atoms with Gasteiger partial charge in [0.05, 0.1) is 0 Å². The molecular weight excluding hydrogens is 394 g/mol. The van der Waals surface area contributed by atoms with Crippen molar-refractivity contribution in [2.75, 3.05) is 0 Å². The van der Waals surface area contributed by atoms with Crippen molar-refractivity contribution in [3.05, 3.63) is 73.1 Å². The summed E-state index contributed by atoms with van der Waals surface area (Å²) in [5.74, 6) is 0. The molecule has 0 radical (unpaired) electrons. The summed E-state index contributed by atoms with van der Waals surface area (Å²) < 4.78 is 22.2. The smallest absolute Gasteiger partial charge is 0.361 e. The average molecular weight is 412 g/mol. The van der Waals surface area contributed by atoms with E-state index in [1.807, 2.05) is 36.7 Å². The zero-order valence-corrected chi connectivity index (χ0v) is 15.6. The summed E-state index contributed by atoms with van der Waals surface area (Å²) in [7, 11) is -10.1. The van der Waals surface area contributed by atoms with Gasteiger partial charge in [0.1, 0.15) is 0 Å². The molecule has 4 aromatic rings. The highest BCUT2D eigenvalue weighted by Crippen LogP contribution is 2.53.